The van der Waals surface area contributed by atoms with E-state index in [2.05, 4.69) is 39.1 Å². The van der Waals surface area contributed by atoms with Gasteiger partial charge in [-0.25, -0.2) is 4.98 Å². The topological polar surface area (TPSA) is 49.0 Å². The molecule has 2 heterocycles. The van der Waals surface area contributed by atoms with Crippen molar-refractivity contribution in [2.75, 3.05) is 13.1 Å². The summed E-state index contributed by atoms with van der Waals surface area (Å²) in [5, 5.41) is 0. The minimum atomic E-state index is 0.324. The monoisotopic (exact) mass is 309 g/mol. The van der Waals surface area contributed by atoms with Gasteiger partial charge in [-0.1, -0.05) is 24.3 Å². The minimum Gasteiger partial charge on any atom is -0.348 e. The Balaban J connectivity index is 1.34. The number of aromatic nitrogens is 2. The van der Waals surface area contributed by atoms with Crippen LogP contribution in [0.4, 0.5) is 0 Å². The van der Waals surface area contributed by atoms with Gasteiger partial charge in [0, 0.05) is 37.8 Å². The van der Waals surface area contributed by atoms with Crippen molar-refractivity contribution in [2.24, 2.45) is 0 Å². The van der Waals surface area contributed by atoms with E-state index in [0.29, 0.717) is 24.2 Å². The molecule has 120 valence electrons. The molecule has 0 saturated carbocycles. The normalized spacial score (nSPS) is 21.4. The number of rotatable bonds is 3. The summed E-state index contributed by atoms with van der Waals surface area (Å²) in [5.74, 6) is 2.29. The number of imidazole rings is 1. The Morgan fingerprint density at radius 3 is 2.83 bits per heavy atom. The van der Waals surface area contributed by atoms with Gasteiger partial charge in [-0.3, -0.25) is 4.79 Å². The number of nitrogens with zero attached hydrogens (tertiary/aromatic N) is 2. The maximum Gasteiger partial charge on any atom is 0.223 e. The number of aryl methyl sites for hydroxylation is 1. The van der Waals surface area contributed by atoms with Crippen molar-refractivity contribution >= 4 is 5.91 Å². The van der Waals surface area contributed by atoms with Gasteiger partial charge in [-0.05, 0) is 42.7 Å². The van der Waals surface area contributed by atoms with Crippen LogP contribution in [-0.2, 0) is 11.2 Å². The predicted octanol–water partition coefficient (Wildman–Crippen LogP) is 3.24. The minimum absolute atomic E-state index is 0.324. The van der Waals surface area contributed by atoms with Crippen molar-refractivity contribution in [1.29, 1.82) is 0 Å². The fraction of sp³-hybridized carbons (Fsp3) is 0.474. The first-order valence-corrected chi connectivity index (χ1v) is 8.66. The molecule has 1 fully saturated rings. The SMILES string of the molecule is O=C(CC1CCc2ccccc21)N1CCC(c2ncc[nH]2)CC1. The van der Waals surface area contributed by atoms with Crippen LogP contribution in [0, 0.1) is 0 Å². The van der Waals surface area contributed by atoms with Crippen LogP contribution in [0.25, 0.3) is 0 Å². The lowest BCUT2D eigenvalue weighted by molar-refractivity contribution is -0.132. The Labute approximate surface area is 136 Å². The zero-order valence-corrected chi connectivity index (χ0v) is 13.4. The van der Waals surface area contributed by atoms with E-state index in [0.717, 1.165) is 44.6 Å². The van der Waals surface area contributed by atoms with Crippen LogP contribution in [0.2, 0.25) is 0 Å². The van der Waals surface area contributed by atoms with Gasteiger partial charge in [0.25, 0.3) is 0 Å². The summed E-state index contributed by atoms with van der Waals surface area (Å²) in [6.07, 6.45) is 8.63. The molecule has 2 aromatic rings. The first-order valence-electron chi connectivity index (χ1n) is 8.66. The van der Waals surface area contributed by atoms with Crippen molar-refractivity contribution in [3.05, 3.63) is 53.6 Å². The van der Waals surface area contributed by atoms with E-state index in [1.165, 1.54) is 11.1 Å². The molecule has 23 heavy (non-hydrogen) atoms. The lowest BCUT2D eigenvalue weighted by atomic mass is 9.94. The smallest absolute Gasteiger partial charge is 0.223 e. The van der Waals surface area contributed by atoms with E-state index < -0.39 is 0 Å². The number of hydrogen-bond donors (Lipinski definition) is 1. The molecule has 1 unspecified atom stereocenters. The van der Waals surface area contributed by atoms with E-state index >= 15 is 0 Å². The molecule has 1 atom stereocenters. The summed E-state index contributed by atoms with van der Waals surface area (Å²) in [7, 11) is 0. The zero-order chi connectivity index (χ0) is 15.6. The van der Waals surface area contributed by atoms with Crippen molar-refractivity contribution in [1.82, 2.24) is 14.9 Å². The van der Waals surface area contributed by atoms with Crippen LogP contribution in [0.1, 0.15) is 54.5 Å². The number of piperidine rings is 1. The molecular weight excluding hydrogens is 286 g/mol. The van der Waals surface area contributed by atoms with E-state index in [4.69, 9.17) is 0 Å². The van der Waals surface area contributed by atoms with Gasteiger partial charge in [0.2, 0.25) is 5.91 Å². The molecule has 1 aliphatic heterocycles. The second kappa shape index (κ2) is 6.19. The number of fused-ring (bicyclic) bond motifs is 1. The largest absolute Gasteiger partial charge is 0.348 e. The molecule has 4 heteroatoms. The Hall–Kier alpha value is -2.10. The van der Waals surface area contributed by atoms with Crippen molar-refractivity contribution in [3.8, 4) is 0 Å². The number of nitrogens with one attached hydrogen (secondary N) is 1. The van der Waals surface area contributed by atoms with Crippen LogP contribution in [0.3, 0.4) is 0 Å². The molecule has 1 aliphatic carbocycles. The number of H-pyrrole nitrogens is 1. The van der Waals surface area contributed by atoms with Crippen LogP contribution in [0.15, 0.2) is 36.7 Å². The Morgan fingerprint density at radius 2 is 2.04 bits per heavy atom. The van der Waals surface area contributed by atoms with Gasteiger partial charge in [0.1, 0.15) is 5.82 Å². The predicted molar refractivity (Wildman–Crippen MR) is 89.3 cm³/mol. The third-order valence-corrected chi connectivity index (χ3v) is 5.43. The molecule has 1 N–H and O–H groups in total. The van der Waals surface area contributed by atoms with Gasteiger partial charge < -0.3 is 9.88 Å². The molecular formula is C19H23N3O. The third-order valence-electron chi connectivity index (χ3n) is 5.43. The molecule has 1 aromatic heterocycles. The summed E-state index contributed by atoms with van der Waals surface area (Å²) in [5.41, 5.74) is 2.83. The molecule has 4 rings (SSSR count). The van der Waals surface area contributed by atoms with Crippen LogP contribution in [-0.4, -0.2) is 33.9 Å². The van der Waals surface area contributed by atoms with Crippen LogP contribution < -0.4 is 0 Å². The van der Waals surface area contributed by atoms with Gasteiger partial charge in [-0.2, -0.15) is 0 Å². The average Bonchev–Trinajstić information content (AvgIpc) is 3.25. The molecule has 0 spiro atoms. The van der Waals surface area contributed by atoms with E-state index in [1.54, 1.807) is 0 Å². The third kappa shape index (κ3) is 2.90. The van der Waals surface area contributed by atoms with Crippen molar-refractivity contribution in [3.63, 3.8) is 0 Å². The number of amides is 1. The van der Waals surface area contributed by atoms with Crippen molar-refractivity contribution in [2.45, 2.75) is 43.9 Å². The summed E-state index contributed by atoms with van der Waals surface area (Å²) in [4.78, 5) is 22.3. The van der Waals surface area contributed by atoms with E-state index in [-0.39, 0.29) is 0 Å². The molecule has 2 aliphatic rings. The molecule has 1 saturated heterocycles. The number of aromatic amines is 1. The maximum absolute atomic E-state index is 12.7. The average molecular weight is 309 g/mol. The van der Waals surface area contributed by atoms with Gasteiger partial charge in [-0.15, -0.1) is 0 Å². The van der Waals surface area contributed by atoms with Gasteiger partial charge in [0.15, 0.2) is 0 Å². The highest BCUT2D eigenvalue weighted by Gasteiger charge is 2.29. The highest BCUT2D eigenvalue weighted by molar-refractivity contribution is 5.77. The molecule has 4 nitrogen and oxygen atoms in total. The van der Waals surface area contributed by atoms with E-state index in [9.17, 15) is 4.79 Å². The first kappa shape index (κ1) is 14.5. The summed E-state index contributed by atoms with van der Waals surface area (Å²) >= 11 is 0. The zero-order valence-electron chi connectivity index (χ0n) is 13.4. The summed E-state index contributed by atoms with van der Waals surface area (Å²) < 4.78 is 0. The lowest BCUT2D eigenvalue weighted by Crippen LogP contribution is -2.38. The molecule has 1 aromatic carbocycles. The first-order chi connectivity index (χ1) is 11.3. The fourth-order valence-electron chi connectivity index (χ4n) is 4.10. The van der Waals surface area contributed by atoms with Gasteiger partial charge in [0.05, 0.1) is 0 Å². The summed E-state index contributed by atoms with van der Waals surface area (Å²) in [6.45, 7) is 1.72. The fourth-order valence-corrected chi connectivity index (χ4v) is 4.10. The summed E-state index contributed by atoms with van der Waals surface area (Å²) in [6, 6.07) is 8.59. The number of likely N-dealkylation sites (tertiary alicyclic amines) is 1. The molecule has 0 radical (unpaired) electrons. The van der Waals surface area contributed by atoms with Crippen molar-refractivity contribution < 1.29 is 4.79 Å². The maximum atomic E-state index is 12.7. The van der Waals surface area contributed by atoms with Gasteiger partial charge >= 0.3 is 0 Å². The number of carbonyl (C=O) groups excluding carboxylic acids is 1. The van der Waals surface area contributed by atoms with E-state index in [1.807, 2.05) is 12.4 Å². The highest BCUT2D eigenvalue weighted by atomic mass is 16.2. The second-order valence-electron chi connectivity index (χ2n) is 6.77. The number of carbonyl (C=O) groups is 1. The standard InChI is InChI=1S/C19H23N3O/c23-18(13-16-6-5-14-3-1-2-4-17(14)16)22-11-7-15(8-12-22)19-20-9-10-21-19/h1-4,9-10,15-16H,5-8,11-13H2,(H,20,21). The quantitative estimate of drug-likeness (QED) is 0.946. The molecule has 1 amide bonds. The Kier molecular flexibility index (Phi) is 3.90. The Morgan fingerprint density at radius 1 is 1.22 bits per heavy atom. The Bertz CT molecular complexity index is 672. The molecule has 0 bridgehead atoms. The highest BCUT2D eigenvalue weighted by Crippen LogP contribution is 2.36. The lowest BCUT2D eigenvalue weighted by Gasteiger charge is -2.32. The number of hydrogen-bond acceptors (Lipinski definition) is 2. The van der Waals surface area contributed by atoms with Crippen LogP contribution in [0.5, 0.6) is 0 Å². The van der Waals surface area contributed by atoms with Crippen LogP contribution >= 0.6 is 0 Å². The number of benzene rings is 1. The second-order valence-corrected chi connectivity index (χ2v) is 6.77.